The summed E-state index contributed by atoms with van der Waals surface area (Å²) in [6.07, 6.45) is 7.19. The van der Waals surface area contributed by atoms with Crippen molar-refractivity contribution in [3.05, 3.63) is 0 Å². The molecule has 1 saturated carbocycles. The first-order valence-electron chi connectivity index (χ1n) is 6.97. The Morgan fingerprint density at radius 1 is 1.24 bits per heavy atom. The monoisotopic (exact) mass is 237 g/mol. The molecule has 3 atom stereocenters. The lowest BCUT2D eigenvalue weighted by Gasteiger charge is -2.50. The van der Waals surface area contributed by atoms with Crippen LogP contribution in [-0.4, -0.2) is 11.8 Å². The SMILES string of the molecule is CCC1CCCCC12CC(=O)NC(=O)C2CC. The summed E-state index contributed by atoms with van der Waals surface area (Å²) >= 11 is 0. The van der Waals surface area contributed by atoms with Gasteiger partial charge >= 0.3 is 0 Å². The maximum atomic E-state index is 12.0. The van der Waals surface area contributed by atoms with Crippen molar-refractivity contribution in [3.63, 3.8) is 0 Å². The van der Waals surface area contributed by atoms with Gasteiger partial charge in [0.15, 0.2) is 0 Å². The molecule has 2 aliphatic rings. The van der Waals surface area contributed by atoms with Crippen LogP contribution in [0.15, 0.2) is 0 Å². The van der Waals surface area contributed by atoms with Gasteiger partial charge in [0.05, 0.1) is 0 Å². The summed E-state index contributed by atoms with van der Waals surface area (Å²) in [6.45, 7) is 4.27. The van der Waals surface area contributed by atoms with E-state index in [0.717, 1.165) is 19.3 Å². The molecule has 17 heavy (non-hydrogen) atoms. The maximum Gasteiger partial charge on any atom is 0.230 e. The van der Waals surface area contributed by atoms with Crippen molar-refractivity contribution >= 4 is 11.8 Å². The Labute approximate surface area is 103 Å². The molecule has 2 fully saturated rings. The molecule has 1 aliphatic heterocycles. The van der Waals surface area contributed by atoms with Crippen LogP contribution in [-0.2, 0) is 9.59 Å². The van der Waals surface area contributed by atoms with Gasteiger partial charge in [0.1, 0.15) is 0 Å². The Morgan fingerprint density at radius 2 is 2.00 bits per heavy atom. The molecule has 2 rings (SSSR count). The number of imide groups is 1. The van der Waals surface area contributed by atoms with Crippen LogP contribution < -0.4 is 5.32 Å². The third kappa shape index (κ3) is 2.00. The second-order valence-corrected chi connectivity index (χ2v) is 5.63. The molecule has 3 unspecified atom stereocenters. The molecule has 1 aliphatic carbocycles. The van der Waals surface area contributed by atoms with Gasteiger partial charge in [-0.25, -0.2) is 0 Å². The van der Waals surface area contributed by atoms with Crippen LogP contribution in [0.5, 0.6) is 0 Å². The van der Waals surface area contributed by atoms with Gasteiger partial charge in [-0.3, -0.25) is 14.9 Å². The number of hydrogen-bond acceptors (Lipinski definition) is 2. The van der Waals surface area contributed by atoms with Crippen LogP contribution in [0, 0.1) is 17.3 Å². The first-order valence-corrected chi connectivity index (χ1v) is 6.97. The Morgan fingerprint density at radius 3 is 2.65 bits per heavy atom. The predicted molar refractivity (Wildman–Crippen MR) is 66.2 cm³/mol. The first kappa shape index (κ1) is 12.6. The summed E-state index contributed by atoms with van der Waals surface area (Å²) < 4.78 is 0. The van der Waals surface area contributed by atoms with Gasteiger partial charge < -0.3 is 0 Å². The summed E-state index contributed by atoms with van der Waals surface area (Å²) in [5.41, 5.74) is -0.0266. The molecule has 3 nitrogen and oxygen atoms in total. The van der Waals surface area contributed by atoms with Crippen molar-refractivity contribution in [2.45, 2.75) is 58.8 Å². The van der Waals surface area contributed by atoms with E-state index in [-0.39, 0.29) is 23.1 Å². The van der Waals surface area contributed by atoms with Gasteiger partial charge in [0.2, 0.25) is 11.8 Å². The second-order valence-electron chi connectivity index (χ2n) is 5.63. The van der Waals surface area contributed by atoms with Crippen LogP contribution in [0.25, 0.3) is 0 Å². The van der Waals surface area contributed by atoms with Crippen LogP contribution in [0.1, 0.15) is 58.8 Å². The average Bonchev–Trinajstić information content (AvgIpc) is 2.29. The van der Waals surface area contributed by atoms with E-state index in [1.165, 1.54) is 19.3 Å². The molecule has 2 amide bonds. The molecule has 0 radical (unpaired) electrons. The van der Waals surface area contributed by atoms with Gasteiger partial charge in [-0.05, 0) is 30.6 Å². The fraction of sp³-hybridized carbons (Fsp3) is 0.857. The van der Waals surface area contributed by atoms with Crippen LogP contribution in [0.4, 0.5) is 0 Å². The molecule has 0 aromatic carbocycles. The summed E-state index contributed by atoms with van der Waals surface area (Å²) in [4.78, 5) is 23.8. The van der Waals surface area contributed by atoms with Crippen molar-refractivity contribution in [1.82, 2.24) is 5.32 Å². The van der Waals surface area contributed by atoms with Crippen molar-refractivity contribution in [2.75, 3.05) is 0 Å². The van der Waals surface area contributed by atoms with Crippen molar-refractivity contribution < 1.29 is 9.59 Å². The van der Waals surface area contributed by atoms with E-state index in [0.29, 0.717) is 12.3 Å². The molecule has 1 heterocycles. The van der Waals surface area contributed by atoms with Crippen LogP contribution in [0.3, 0.4) is 0 Å². The van der Waals surface area contributed by atoms with Gasteiger partial charge in [-0.2, -0.15) is 0 Å². The molecule has 0 aromatic rings. The highest BCUT2D eigenvalue weighted by Gasteiger charge is 2.51. The van der Waals surface area contributed by atoms with Crippen molar-refractivity contribution in [3.8, 4) is 0 Å². The molecular weight excluding hydrogens is 214 g/mol. The number of nitrogens with one attached hydrogen (secondary N) is 1. The number of amides is 2. The van der Waals surface area contributed by atoms with E-state index >= 15 is 0 Å². The lowest BCUT2D eigenvalue weighted by Crippen LogP contribution is -2.55. The molecule has 96 valence electrons. The Hall–Kier alpha value is -0.860. The fourth-order valence-corrected chi connectivity index (χ4v) is 4.18. The minimum absolute atomic E-state index is 0.0240. The highest BCUT2D eigenvalue weighted by molar-refractivity contribution is 5.99. The van der Waals surface area contributed by atoms with E-state index < -0.39 is 0 Å². The Balaban J connectivity index is 2.34. The zero-order valence-electron chi connectivity index (χ0n) is 10.9. The van der Waals surface area contributed by atoms with Gasteiger partial charge in [-0.15, -0.1) is 0 Å². The molecule has 0 bridgehead atoms. The van der Waals surface area contributed by atoms with E-state index in [9.17, 15) is 9.59 Å². The van der Waals surface area contributed by atoms with Gasteiger partial charge in [0, 0.05) is 12.3 Å². The molecule has 1 N–H and O–H groups in total. The lowest BCUT2D eigenvalue weighted by molar-refractivity contribution is -0.149. The summed E-state index contributed by atoms with van der Waals surface area (Å²) in [5.74, 6) is 0.519. The third-order valence-electron chi connectivity index (χ3n) is 4.92. The molecule has 3 heteroatoms. The highest BCUT2D eigenvalue weighted by Crippen LogP contribution is 2.53. The number of carbonyl (C=O) groups is 2. The molecular formula is C14H23NO2. The molecule has 1 saturated heterocycles. The average molecular weight is 237 g/mol. The minimum Gasteiger partial charge on any atom is -0.296 e. The summed E-state index contributed by atoms with van der Waals surface area (Å²) in [7, 11) is 0. The standard InChI is InChI=1S/C14H23NO2/c1-3-10-7-5-6-8-14(10)9-12(16)15-13(17)11(14)4-2/h10-11H,3-9H2,1-2H3,(H,15,16,17). The van der Waals surface area contributed by atoms with Crippen LogP contribution >= 0.6 is 0 Å². The number of hydrogen-bond donors (Lipinski definition) is 1. The predicted octanol–water partition coefficient (Wildman–Crippen LogP) is 2.65. The number of piperidine rings is 1. The zero-order valence-corrected chi connectivity index (χ0v) is 10.9. The van der Waals surface area contributed by atoms with Gasteiger partial charge in [-0.1, -0.05) is 33.1 Å². The van der Waals surface area contributed by atoms with E-state index in [4.69, 9.17) is 0 Å². The van der Waals surface area contributed by atoms with Crippen molar-refractivity contribution in [2.24, 2.45) is 17.3 Å². The summed E-state index contributed by atoms with van der Waals surface area (Å²) in [5, 5.41) is 2.52. The number of rotatable bonds is 2. The van der Waals surface area contributed by atoms with E-state index in [2.05, 4.69) is 19.2 Å². The smallest absolute Gasteiger partial charge is 0.230 e. The van der Waals surface area contributed by atoms with E-state index in [1.54, 1.807) is 0 Å². The quantitative estimate of drug-likeness (QED) is 0.750. The largest absolute Gasteiger partial charge is 0.296 e. The van der Waals surface area contributed by atoms with Crippen LogP contribution in [0.2, 0.25) is 0 Å². The summed E-state index contributed by atoms with van der Waals surface area (Å²) in [6, 6.07) is 0. The lowest BCUT2D eigenvalue weighted by atomic mass is 9.55. The maximum absolute atomic E-state index is 12.0. The Bertz CT molecular complexity index is 326. The number of carbonyl (C=O) groups excluding carboxylic acids is 2. The Kier molecular flexibility index (Phi) is 3.55. The third-order valence-corrected chi connectivity index (χ3v) is 4.92. The highest BCUT2D eigenvalue weighted by atomic mass is 16.2. The normalized spacial score (nSPS) is 38.2. The minimum atomic E-state index is -0.0555. The topological polar surface area (TPSA) is 46.2 Å². The van der Waals surface area contributed by atoms with Gasteiger partial charge in [0.25, 0.3) is 0 Å². The fourth-order valence-electron chi connectivity index (χ4n) is 4.18. The molecule has 1 spiro atoms. The zero-order chi connectivity index (χ0) is 12.5. The van der Waals surface area contributed by atoms with Crippen molar-refractivity contribution in [1.29, 1.82) is 0 Å². The second kappa shape index (κ2) is 4.79. The first-order chi connectivity index (χ1) is 8.14. The van der Waals surface area contributed by atoms with E-state index in [1.807, 2.05) is 0 Å². The molecule has 0 aromatic heterocycles.